The largest absolute Gasteiger partial charge is 0.464 e. The summed E-state index contributed by atoms with van der Waals surface area (Å²) >= 11 is 0. The molecule has 0 aliphatic heterocycles. The SMILES string of the molecule is CCOC(=O)C(C)NC(=O)CNS(=O)(=O)c1ccccc1. The lowest BCUT2D eigenvalue weighted by molar-refractivity contribution is -0.146. The average Bonchev–Trinajstić information content (AvgIpc) is 2.46. The van der Waals surface area contributed by atoms with E-state index in [0.29, 0.717) is 0 Å². The summed E-state index contributed by atoms with van der Waals surface area (Å²) < 4.78 is 30.6. The van der Waals surface area contributed by atoms with E-state index in [0.717, 1.165) is 0 Å². The molecule has 0 saturated carbocycles. The molecule has 0 aliphatic carbocycles. The number of sulfonamides is 1. The van der Waals surface area contributed by atoms with Gasteiger partial charge in [-0.2, -0.15) is 0 Å². The highest BCUT2D eigenvalue weighted by Crippen LogP contribution is 2.06. The van der Waals surface area contributed by atoms with Crippen molar-refractivity contribution in [1.29, 1.82) is 0 Å². The van der Waals surface area contributed by atoms with Crippen molar-refractivity contribution in [3.05, 3.63) is 30.3 Å². The van der Waals surface area contributed by atoms with Crippen LogP contribution in [-0.2, 0) is 24.3 Å². The third kappa shape index (κ3) is 5.52. The summed E-state index contributed by atoms with van der Waals surface area (Å²) in [5.74, 6) is -1.19. The molecule has 0 radical (unpaired) electrons. The maximum absolute atomic E-state index is 11.9. The van der Waals surface area contributed by atoms with Gasteiger partial charge in [0.25, 0.3) is 0 Å². The molecule has 8 heteroatoms. The second kappa shape index (κ2) is 7.75. The van der Waals surface area contributed by atoms with Crippen molar-refractivity contribution in [2.45, 2.75) is 24.8 Å². The highest BCUT2D eigenvalue weighted by Gasteiger charge is 2.19. The second-order valence-corrected chi connectivity index (χ2v) is 5.95. The van der Waals surface area contributed by atoms with Gasteiger partial charge in [-0.15, -0.1) is 0 Å². The van der Waals surface area contributed by atoms with Crippen LogP contribution in [0.25, 0.3) is 0 Å². The fraction of sp³-hybridized carbons (Fsp3) is 0.385. The molecule has 1 unspecified atom stereocenters. The molecule has 0 aromatic heterocycles. The Hall–Kier alpha value is -1.93. The van der Waals surface area contributed by atoms with Crippen molar-refractivity contribution in [2.24, 2.45) is 0 Å². The van der Waals surface area contributed by atoms with Gasteiger partial charge in [-0.25, -0.2) is 17.9 Å². The highest BCUT2D eigenvalue weighted by molar-refractivity contribution is 7.89. The zero-order valence-corrected chi connectivity index (χ0v) is 12.6. The topological polar surface area (TPSA) is 102 Å². The van der Waals surface area contributed by atoms with Crippen LogP contribution in [0, 0.1) is 0 Å². The summed E-state index contributed by atoms with van der Waals surface area (Å²) in [6, 6.07) is 6.85. The number of benzene rings is 1. The van der Waals surface area contributed by atoms with Gasteiger partial charge in [-0.05, 0) is 26.0 Å². The lowest BCUT2D eigenvalue weighted by Gasteiger charge is -2.13. The van der Waals surface area contributed by atoms with Crippen LogP contribution in [0.2, 0.25) is 0 Å². The van der Waals surface area contributed by atoms with Crippen molar-refractivity contribution < 1.29 is 22.7 Å². The number of hydrogen-bond donors (Lipinski definition) is 2. The molecule has 0 fully saturated rings. The van der Waals surface area contributed by atoms with Gasteiger partial charge < -0.3 is 10.1 Å². The third-order valence-electron chi connectivity index (χ3n) is 2.49. The van der Waals surface area contributed by atoms with E-state index in [9.17, 15) is 18.0 Å². The molecule has 1 aromatic carbocycles. The van der Waals surface area contributed by atoms with Crippen LogP contribution >= 0.6 is 0 Å². The van der Waals surface area contributed by atoms with Gasteiger partial charge in [0.05, 0.1) is 18.0 Å². The minimum atomic E-state index is -3.75. The molecule has 0 bridgehead atoms. The van der Waals surface area contributed by atoms with E-state index >= 15 is 0 Å². The summed E-state index contributed by atoms with van der Waals surface area (Å²) in [6.45, 7) is 2.86. The molecule has 1 aromatic rings. The monoisotopic (exact) mass is 314 g/mol. The van der Waals surface area contributed by atoms with Crippen LogP contribution in [0.3, 0.4) is 0 Å². The molecule has 0 saturated heterocycles. The molecule has 2 N–H and O–H groups in total. The van der Waals surface area contributed by atoms with E-state index in [1.807, 2.05) is 0 Å². The van der Waals surface area contributed by atoms with Crippen LogP contribution in [0.15, 0.2) is 35.2 Å². The minimum Gasteiger partial charge on any atom is -0.464 e. The number of nitrogens with one attached hydrogen (secondary N) is 2. The lowest BCUT2D eigenvalue weighted by Crippen LogP contribution is -2.44. The standard InChI is InChI=1S/C13H18N2O5S/c1-3-20-13(17)10(2)15-12(16)9-14-21(18,19)11-7-5-4-6-8-11/h4-8,10,14H,3,9H2,1-2H3,(H,15,16). The number of carbonyl (C=O) groups is 2. The maximum Gasteiger partial charge on any atom is 0.328 e. The first-order valence-corrected chi connectivity index (χ1v) is 7.86. The molecule has 1 atom stereocenters. The Balaban J connectivity index is 2.52. The Labute approximate surface area is 123 Å². The Morgan fingerprint density at radius 3 is 2.43 bits per heavy atom. The van der Waals surface area contributed by atoms with Gasteiger partial charge in [0.1, 0.15) is 6.04 Å². The quantitative estimate of drug-likeness (QED) is 0.692. The van der Waals surface area contributed by atoms with E-state index in [1.54, 1.807) is 25.1 Å². The van der Waals surface area contributed by atoms with E-state index in [1.165, 1.54) is 19.1 Å². The van der Waals surface area contributed by atoms with Crippen molar-refractivity contribution in [2.75, 3.05) is 13.2 Å². The van der Waals surface area contributed by atoms with Gasteiger partial charge in [0, 0.05) is 0 Å². The van der Waals surface area contributed by atoms with Crippen molar-refractivity contribution in [1.82, 2.24) is 10.0 Å². The fourth-order valence-electron chi connectivity index (χ4n) is 1.46. The number of hydrogen-bond acceptors (Lipinski definition) is 5. The van der Waals surface area contributed by atoms with Crippen LogP contribution in [0.1, 0.15) is 13.8 Å². The second-order valence-electron chi connectivity index (χ2n) is 4.18. The zero-order valence-electron chi connectivity index (χ0n) is 11.8. The minimum absolute atomic E-state index is 0.0660. The molecule has 1 rings (SSSR count). The molecular weight excluding hydrogens is 296 g/mol. The van der Waals surface area contributed by atoms with Crippen LogP contribution in [-0.4, -0.2) is 39.5 Å². The molecule has 0 heterocycles. The molecule has 21 heavy (non-hydrogen) atoms. The van der Waals surface area contributed by atoms with Gasteiger partial charge >= 0.3 is 5.97 Å². The number of amides is 1. The predicted octanol–water partition coefficient (Wildman–Crippen LogP) is 0.0327. The maximum atomic E-state index is 11.9. The van der Waals surface area contributed by atoms with E-state index < -0.39 is 34.5 Å². The summed E-state index contributed by atoms with van der Waals surface area (Å²) in [5, 5.41) is 2.35. The molecule has 116 valence electrons. The normalized spacial score (nSPS) is 12.5. The van der Waals surface area contributed by atoms with E-state index in [4.69, 9.17) is 4.74 Å². The van der Waals surface area contributed by atoms with Crippen molar-refractivity contribution in [3.8, 4) is 0 Å². The number of esters is 1. The van der Waals surface area contributed by atoms with Crippen molar-refractivity contribution in [3.63, 3.8) is 0 Å². The third-order valence-corrected chi connectivity index (χ3v) is 3.91. The Bertz CT molecular complexity index is 586. The summed E-state index contributed by atoms with van der Waals surface area (Å²) in [5.41, 5.74) is 0. The lowest BCUT2D eigenvalue weighted by atomic mass is 10.3. The molecule has 1 amide bonds. The number of carbonyl (C=O) groups excluding carboxylic acids is 2. The van der Waals surface area contributed by atoms with Gasteiger partial charge in [-0.1, -0.05) is 18.2 Å². The Morgan fingerprint density at radius 2 is 1.86 bits per heavy atom. The first kappa shape index (κ1) is 17.1. The number of rotatable bonds is 7. The number of ether oxygens (including phenoxy) is 1. The fourth-order valence-corrected chi connectivity index (χ4v) is 2.47. The Morgan fingerprint density at radius 1 is 1.24 bits per heavy atom. The van der Waals surface area contributed by atoms with Gasteiger partial charge in [0.2, 0.25) is 15.9 Å². The predicted molar refractivity (Wildman–Crippen MR) is 75.9 cm³/mol. The average molecular weight is 314 g/mol. The first-order valence-electron chi connectivity index (χ1n) is 6.37. The Kier molecular flexibility index (Phi) is 6.32. The molecule has 0 spiro atoms. The summed E-state index contributed by atoms with van der Waals surface area (Å²) in [4.78, 5) is 23.0. The zero-order chi connectivity index (χ0) is 15.9. The molecule has 0 aliphatic rings. The van der Waals surface area contributed by atoms with E-state index in [-0.39, 0.29) is 11.5 Å². The van der Waals surface area contributed by atoms with E-state index in [2.05, 4.69) is 10.0 Å². The van der Waals surface area contributed by atoms with Gasteiger partial charge in [0.15, 0.2) is 0 Å². The first-order chi connectivity index (χ1) is 9.86. The van der Waals surface area contributed by atoms with Crippen LogP contribution < -0.4 is 10.0 Å². The van der Waals surface area contributed by atoms with Crippen LogP contribution in [0.4, 0.5) is 0 Å². The summed E-state index contributed by atoms with van der Waals surface area (Å²) in [7, 11) is -3.75. The summed E-state index contributed by atoms with van der Waals surface area (Å²) in [6.07, 6.45) is 0. The molecular formula is C13H18N2O5S. The smallest absolute Gasteiger partial charge is 0.328 e. The van der Waals surface area contributed by atoms with Crippen LogP contribution in [0.5, 0.6) is 0 Å². The molecule has 7 nitrogen and oxygen atoms in total. The highest BCUT2D eigenvalue weighted by atomic mass is 32.2. The van der Waals surface area contributed by atoms with Crippen molar-refractivity contribution >= 4 is 21.9 Å². The van der Waals surface area contributed by atoms with Gasteiger partial charge in [-0.3, -0.25) is 4.79 Å².